The first-order valence-corrected chi connectivity index (χ1v) is 5.77. The summed E-state index contributed by atoms with van der Waals surface area (Å²) >= 11 is 0. The van der Waals surface area contributed by atoms with Gasteiger partial charge in [-0.05, 0) is 33.0 Å². The number of pyridine rings is 1. The van der Waals surface area contributed by atoms with E-state index in [0.29, 0.717) is 0 Å². The molecule has 0 aromatic carbocycles. The van der Waals surface area contributed by atoms with Crippen molar-refractivity contribution in [3.63, 3.8) is 0 Å². The summed E-state index contributed by atoms with van der Waals surface area (Å²) in [6.07, 6.45) is 4.02. The van der Waals surface area contributed by atoms with Crippen molar-refractivity contribution in [2.75, 3.05) is 13.7 Å². The average Bonchev–Trinajstić information content (AvgIpc) is 2.70. The lowest BCUT2D eigenvalue weighted by atomic mass is 10.1. The minimum atomic E-state index is -0.226. The van der Waals surface area contributed by atoms with Gasteiger partial charge in [-0.25, -0.2) is 4.98 Å². The molecule has 0 fully saturated rings. The zero-order valence-corrected chi connectivity index (χ0v) is 10.6. The molecular formula is C13H19N3O. The Morgan fingerprint density at radius 1 is 1.41 bits per heavy atom. The molecule has 92 valence electrons. The Labute approximate surface area is 102 Å². The van der Waals surface area contributed by atoms with Gasteiger partial charge in [0.15, 0.2) is 0 Å². The van der Waals surface area contributed by atoms with Gasteiger partial charge in [0.2, 0.25) is 0 Å². The number of aliphatic hydroxyl groups excluding tert-OH is 1. The standard InChI is InChI=1S/C13H19N3O/c1-13(2,10-17)15(3)8-11-9-16-7-5-4-6-12(16)14-11/h4-7,9,17H,8,10H2,1-3H3. The Kier molecular flexibility index (Phi) is 3.17. The van der Waals surface area contributed by atoms with Crippen LogP contribution in [0, 0.1) is 0 Å². The Morgan fingerprint density at radius 3 is 2.82 bits per heavy atom. The van der Waals surface area contributed by atoms with Crippen LogP contribution in [0.3, 0.4) is 0 Å². The van der Waals surface area contributed by atoms with E-state index in [1.165, 1.54) is 0 Å². The van der Waals surface area contributed by atoms with Crippen molar-refractivity contribution < 1.29 is 5.11 Å². The zero-order chi connectivity index (χ0) is 12.5. The second kappa shape index (κ2) is 4.47. The zero-order valence-electron chi connectivity index (χ0n) is 10.6. The summed E-state index contributed by atoms with van der Waals surface area (Å²) in [5, 5.41) is 9.31. The van der Waals surface area contributed by atoms with E-state index in [-0.39, 0.29) is 12.1 Å². The Bertz CT molecular complexity index is 471. The fraction of sp³-hybridized carbons (Fsp3) is 0.462. The van der Waals surface area contributed by atoms with Crippen LogP contribution >= 0.6 is 0 Å². The van der Waals surface area contributed by atoms with E-state index in [1.807, 2.05) is 55.9 Å². The van der Waals surface area contributed by atoms with Crippen LogP contribution in [0.1, 0.15) is 19.5 Å². The molecule has 0 atom stereocenters. The summed E-state index contributed by atoms with van der Waals surface area (Å²) in [7, 11) is 2.00. The highest BCUT2D eigenvalue weighted by atomic mass is 16.3. The van der Waals surface area contributed by atoms with Crippen molar-refractivity contribution in [3.8, 4) is 0 Å². The third kappa shape index (κ3) is 2.48. The van der Waals surface area contributed by atoms with Crippen LogP contribution < -0.4 is 0 Å². The van der Waals surface area contributed by atoms with Crippen molar-refractivity contribution in [2.45, 2.75) is 25.9 Å². The van der Waals surface area contributed by atoms with E-state index < -0.39 is 0 Å². The van der Waals surface area contributed by atoms with Crippen LogP contribution in [0.5, 0.6) is 0 Å². The van der Waals surface area contributed by atoms with Crippen LogP contribution in [-0.2, 0) is 6.54 Å². The van der Waals surface area contributed by atoms with Gasteiger partial charge in [0, 0.05) is 24.5 Å². The van der Waals surface area contributed by atoms with Crippen molar-refractivity contribution in [1.29, 1.82) is 0 Å². The highest BCUT2D eigenvalue weighted by Gasteiger charge is 2.22. The summed E-state index contributed by atoms with van der Waals surface area (Å²) < 4.78 is 2.01. The molecule has 17 heavy (non-hydrogen) atoms. The number of likely N-dealkylation sites (N-methyl/N-ethyl adjacent to an activating group) is 1. The second-order valence-electron chi connectivity index (χ2n) is 5.02. The van der Waals surface area contributed by atoms with Gasteiger partial charge in [-0.1, -0.05) is 6.07 Å². The predicted octanol–water partition coefficient (Wildman–Crippen LogP) is 1.54. The van der Waals surface area contributed by atoms with Crippen LogP contribution in [0.2, 0.25) is 0 Å². The molecule has 0 saturated carbocycles. The molecule has 2 heterocycles. The van der Waals surface area contributed by atoms with E-state index >= 15 is 0 Å². The van der Waals surface area contributed by atoms with Crippen LogP contribution in [0.25, 0.3) is 5.65 Å². The Balaban J connectivity index is 2.18. The molecule has 1 N–H and O–H groups in total. The van der Waals surface area contributed by atoms with E-state index in [1.54, 1.807) is 0 Å². The molecule has 4 nitrogen and oxygen atoms in total. The molecule has 4 heteroatoms. The van der Waals surface area contributed by atoms with Gasteiger partial charge >= 0.3 is 0 Å². The summed E-state index contributed by atoms with van der Waals surface area (Å²) in [6, 6.07) is 5.95. The number of rotatable bonds is 4. The van der Waals surface area contributed by atoms with Crippen molar-refractivity contribution in [1.82, 2.24) is 14.3 Å². The van der Waals surface area contributed by atoms with E-state index in [4.69, 9.17) is 0 Å². The van der Waals surface area contributed by atoms with Crippen LogP contribution in [0.4, 0.5) is 0 Å². The maximum atomic E-state index is 9.31. The maximum absolute atomic E-state index is 9.31. The molecule has 0 radical (unpaired) electrons. The number of nitrogens with zero attached hydrogens (tertiary/aromatic N) is 3. The molecule has 0 aliphatic carbocycles. The number of hydrogen-bond donors (Lipinski definition) is 1. The summed E-state index contributed by atoms with van der Waals surface area (Å²) in [4.78, 5) is 6.65. The van der Waals surface area contributed by atoms with E-state index in [0.717, 1.165) is 17.9 Å². The Morgan fingerprint density at radius 2 is 2.18 bits per heavy atom. The van der Waals surface area contributed by atoms with Gasteiger partial charge < -0.3 is 9.51 Å². The largest absolute Gasteiger partial charge is 0.394 e. The first kappa shape index (κ1) is 12.1. The number of fused-ring (bicyclic) bond motifs is 1. The number of hydrogen-bond acceptors (Lipinski definition) is 3. The normalized spacial score (nSPS) is 12.5. The maximum Gasteiger partial charge on any atom is 0.137 e. The smallest absolute Gasteiger partial charge is 0.137 e. The SMILES string of the molecule is CN(Cc1cn2ccccc2n1)C(C)(C)CO. The van der Waals surface area contributed by atoms with Crippen molar-refractivity contribution in [2.24, 2.45) is 0 Å². The summed E-state index contributed by atoms with van der Waals surface area (Å²) in [5.74, 6) is 0. The minimum Gasteiger partial charge on any atom is -0.394 e. The van der Waals surface area contributed by atoms with E-state index in [9.17, 15) is 5.11 Å². The van der Waals surface area contributed by atoms with Crippen molar-refractivity contribution >= 4 is 5.65 Å². The first-order valence-electron chi connectivity index (χ1n) is 5.77. The van der Waals surface area contributed by atoms with Gasteiger partial charge in [-0.15, -0.1) is 0 Å². The van der Waals surface area contributed by atoms with Crippen LogP contribution in [-0.4, -0.2) is 38.6 Å². The van der Waals surface area contributed by atoms with Gasteiger partial charge in [-0.3, -0.25) is 4.90 Å². The molecule has 0 saturated heterocycles. The number of aliphatic hydroxyl groups is 1. The summed E-state index contributed by atoms with van der Waals surface area (Å²) in [5.41, 5.74) is 1.74. The lowest BCUT2D eigenvalue weighted by molar-refractivity contribution is 0.0726. The fourth-order valence-corrected chi connectivity index (χ4v) is 1.64. The molecule has 0 bridgehead atoms. The monoisotopic (exact) mass is 233 g/mol. The Hall–Kier alpha value is -1.39. The fourth-order valence-electron chi connectivity index (χ4n) is 1.64. The molecule has 2 aromatic rings. The van der Waals surface area contributed by atoms with E-state index in [2.05, 4.69) is 9.88 Å². The predicted molar refractivity (Wildman–Crippen MR) is 67.8 cm³/mol. The molecule has 0 amide bonds. The molecule has 0 spiro atoms. The second-order valence-corrected chi connectivity index (χ2v) is 5.02. The molecular weight excluding hydrogens is 214 g/mol. The highest BCUT2D eigenvalue weighted by molar-refractivity contribution is 5.39. The average molecular weight is 233 g/mol. The molecule has 0 aliphatic rings. The minimum absolute atomic E-state index is 0.136. The third-order valence-corrected chi connectivity index (χ3v) is 3.23. The lowest BCUT2D eigenvalue weighted by Crippen LogP contribution is -2.43. The van der Waals surface area contributed by atoms with Gasteiger partial charge in [0.1, 0.15) is 5.65 Å². The molecule has 0 aliphatic heterocycles. The van der Waals surface area contributed by atoms with Crippen molar-refractivity contribution in [3.05, 3.63) is 36.3 Å². The first-order chi connectivity index (χ1) is 8.03. The summed E-state index contributed by atoms with van der Waals surface area (Å²) in [6.45, 7) is 4.90. The van der Waals surface area contributed by atoms with Crippen LogP contribution in [0.15, 0.2) is 30.6 Å². The van der Waals surface area contributed by atoms with Gasteiger partial charge in [-0.2, -0.15) is 0 Å². The topological polar surface area (TPSA) is 40.8 Å². The third-order valence-electron chi connectivity index (χ3n) is 3.23. The number of imidazole rings is 1. The molecule has 2 rings (SSSR count). The quantitative estimate of drug-likeness (QED) is 0.870. The lowest BCUT2D eigenvalue weighted by Gasteiger charge is -2.33. The highest BCUT2D eigenvalue weighted by Crippen LogP contribution is 2.15. The molecule has 2 aromatic heterocycles. The number of aromatic nitrogens is 2. The van der Waals surface area contributed by atoms with Gasteiger partial charge in [0.25, 0.3) is 0 Å². The molecule has 0 unspecified atom stereocenters. The van der Waals surface area contributed by atoms with Gasteiger partial charge in [0.05, 0.1) is 12.3 Å².